The maximum absolute atomic E-state index is 5.53. The van der Waals surface area contributed by atoms with Crippen LogP contribution in [0.3, 0.4) is 0 Å². The second-order valence-electron chi connectivity index (χ2n) is 3.30. The molecule has 2 nitrogen and oxygen atoms in total. The lowest BCUT2D eigenvalue weighted by atomic mass is 10.3. The summed E-state index contributed by atoms with van der Waals surface area (Å²) in [6.07, 6.45) is 4.01. The molecule has 0 radical (unpaired) electrons. The minimum Gasteiger partial charge on any atom is -0.367 e. The molecule has 11 heavy (non-hydrogen) atoms. The lowest BCUT2D eigenvalue weighted by molar-refractivity contribution is 0.341. The Kier molecular flexibility index (Phi) is 1.12. The van der Waals surface area contributed by atoms with E-state index in [1.165, 1.54) is 0 Å². The van der Waals surface area contributed by atoms with Crippen molar-refractivity contribution >= 4 is 23.2 Å². The normalized spacial score (nSPS) is 49.8. The molecule has 2 aliphatic heterocycles. The van der Waals surface area contributed by atoms with Crippen molar-refractivity contribution in [3.05, 3.63) is 10.7 Å². The Morgan fingerprint density at radius 2 is 2.36 bits per heavy atom. The number of halogens is 2. The summed E-state index contributed by atoms with van der Waals surface area (Å²) in [6.45, 7) is 0. The second kappa shape index (κ2) is 1.87. The second-order valence-corrected chi connectivity index (χ2v) is 4.31. The summed E-state index contributed by atoms with van der Waals surface area (Å²) in [6, 6.07) is 1.26. The first kappa shape index (κ1) is 6.58. The van der Waals surface area contributed by atoms with Crippen LogP contribution in [0.1, 0.15) is 6.42 Å². The summed E-state index contributed by atoms with van der Waals surface area (Å²) >= 11 is 11.1. The van der Waals surface area contributed by atoms with Gasteiger partial charge in [0.05, 0.1) is 18.2 Å². The van der Waals surface area contributed by atoms with Crippen LogP contribution in [0.2, 0.25) is 0 Å². The van der Waals surface area contributed by atoms with Crippen LogP contribution in [-0.4, -0.2) is 29.2 Å². The number of nitrogens with zero attached hydrogens (tertiary/aromatic N) is 1. The Bertz CT molecular complexity index is 239. The van der Waals surface area contributed by atoms with Crippen molar-refractivity contribution in [1.82, 2.24) is 4.90 Å². The Balaban J connectivity index is 1.74. The Morgan fingerprint density at radius 3 is 2.91 bits per heavy atom. The fraction of sp³-hybridized carbons (Fsp3) is 0.714. The van der Waals surface area contributed by atoms with E-state index in [1.807, 2.05) is 0 Å². The van der Waals surface area contributed by atoms with Crippen LogP contribution >= 0.6 is 23.2 Å². The lowest BCUT2D eigenvalue weighted by Crippen LogP contribution is -2.04. The summed E-state index contributed by atoms with van der Waals surface area (Å²) in [5.74, 6) is 0. The fourth-order valence-corrected chi connectivity index (χ4v) is 2.37. The molecule has 0 unspecified atom stereocenters. The molecule has 0 aromatic heterocycles. The molecule has 0 amide bonds. The van der Waals surface area contributed by atoms with Crippen molar-refractivity contribution in [2.24, 2.45) is 0 Å². The minimum atomic E-state index is 0.344. The van der Waals surface area contributed by atoms with Gasteiger partial charge in [-0.15, -0.1) is 0 Å². The van der Waals surface area contributed by atoms with Gasteiger partial charge in [0.1, 0.15) is 10.6 Å². The van der Waals surface area contributed by atoms with Gasteiger partial charge in [0.15, 0.2) is 0 Å². The molecule has 0 aromatic rings. The predicted molar refractivity (Wildman–Crippen MR) is 42.5 cm³/mol. The zero-order valence-corrected chi connectivity index (χ0v) is 7.22. The number of rotatable bonds is 1. The Labute approximate surface area is 74.7 Å². The highest BCUT2D eigenvalue weighted by Crippen LogP contribution is 2.53. The fourth-order valence-electron chi connectivity index (χ4n) is 2.15. The van der Waals surface area contributed by atoms with Crippen molar-refractivity contribution in [1.29, 1.82) is 0 Å². The van der Waals surface area contributed by atoms with E-state index in [4.69, 9.17) is 27.9 Å². The molecule has 3 rings (SSSR count). The highest BCUT2D eigenvalue weighted by Gasteiger charge is 2.68. The molecule has 0 spiro atoms. The maximum Gasteiger partial charge on any atom is 0.122 e. The van der Waals surface area contributed by atoms with E-state index in [-0.39, 0.29) is 0 Å². The van der Waals surface area contributed by atoms with E-state index >= 15 is 0 Å². The molecule has 60 valence electrons. The number of fused-ring (bicyclic) bond motifs is 3. The van der Waals surface area contributed by atoms with Gasteiger partial charge in [-0.2, -0.15) is 0 Å². The molecule has 0 bridgehead atoms. The third-order valence-corrected chi connectivity index (χ3v) is 2.91. The third-order valence-electron chi connectivity index (χ3n) is 2.71. The topological polar surface area (TPSA) is 15.5 Å². The molecular formula is C7H7Cl2NO. The van der Waals surface area contributed by atoms with Gasteiger partial charge in [0.25, 0.3) is 0 Å². The number of likely N-dealkylation sites (tertiary alicyclic amines) is 1. The monoisotopic (exact) mass is 191 g/mol. The molecule has 0 aromatic carbocycles. The van der Waals surface area contributed by atoms with Gasteiger partial charge < -0.3 is 9.64 Å². The zero-order valence-electron chi connectivity index (χ0n) is 5.71. The van der Waals surface area contributed by atoms with E-state index < -0.39 is 0 Å². The van der Waals surface area contributed by atoms with E-state index in [0.717, 1.165) is 6.42 Å². The number of hydrogen-bond donors (Lipinski definition) is 0. The number of piperidine rings is 1. The van der Waals surface area contributed by atoms with Crippen molar-refractivity contribution in [3.63, 3.8) is 0 Å². The standard InChI is InChI=1S/C7H7Cl2NO/c8-5(9)2-10-3-1-4-7(11-4)6(3)10/h2-4,6-7H,1H2/t3-,4+,6-,7+,10?/m0/s1. The molecular weight excluding hydrogens is 185 g/mol. The third kappa shape index (κ3) is 0.835. The molecule has 2 saturated heterocycles. The summed E-state index contributed by atoms with van der Waals surface area (Å²) in [4.78, 5) is 2.18. The molecule has 3 fully saturated rings. The molecule has 1 aliphatic carbocycles. The summed E-state index contributed by atoms with van der Waals surface area (Å²) in [5, 5.41) is 0. The number of epoxide rings is 1. The average Bonchev–Trinajstić information content (AvgIpc) is 2.76. The first-order valence-electron chi connectivity index (χ1n) is 3.73. The smallest absolute Gasteiger partial charge is 0.122 e. The molecule has 3 aliphatic rings. The van der Waals surface area contributed by atoms with E-state index in [9.17, 15) is 0 Å². The van der Waals surface area contributed by atoms with Crippen LogP contribution in [-0.2, 0) is 4.74 Å². The van der Waals surface area contributed by atoms with E-state index in [0.29, 0.717) is 28.8 Å². The Morgan fingerprint density at radius 1 is 1.55 bits per heavy atom. The van der Waals surface area contributed by atoms with Gasteiger partial charge in [0.2, 0.25) is 0 Å². The van der Waals surface area contributed by atoms with E-state index in [1.54, 1.807) is 6.20 Å². The average molecular weight is 192 g/mol. The zero-order chi connectivity index (χ0) is 7.59. The number of hydrogen-bond acceptors (Lipinski definition) is 2. The SMILES string of the molecule is ClC(Cl)=CN1[C@@H]2[C@@H]3O[C@@H]3C[C@@H]21. The highest BCUT2D eigenvalue weighted by molar-refractivity contribution is 6.55. The minimum absolute atomic E-state index is 0.344. The molecule has 2 heterocycles. The lowest BCUT2D eigenvalue weighted by Gasteiger charge is -1.97. The summed E-state index contributed by atoms with van der Waals surface area (Å²) in [7, 11) is 0. The van der Waals surface area contributed by atoms with Crippen LogP contribution in [0.4, 0.5) is 0 Å². The molecule has 0 N–H and O–H groups in total. The van der Waals surface area contributed by atoms with E-state index in [2.05, 4.69) is 4.90 Å². The van der Waals surface area contributed by atoms with Crippen molar-refractivity contribution < 1.29 is 4.74 Å². The van der Waals surface area contributed by atoms with Gasteiger partial charge in [-0.3, -0.25) is 0 Å². The van der Waals surface area contributed by atoms with Gasteiger partial charge in [0, 0.05) is 6.20 Å². The van der Waals surface area contributed by atoms with Crippen LogP contribution in [0.15, 0.2) is 10.7 Å². The van der Waals surface area contributed by atoms with Gasteiger partial charge >= 0.3 is 0 Å². The van der Waals surface area contributed by atoms with Crippen LogP contribution in [0, 0.1) is 0 Å². The van der Waals surface area contributed by atoms with Crippen LogP contribution < -0.4 is 0 Å². The summed E-state index contributed by atoms with van der Waals surface area (Å²) in [5.41, 5.74) is 0. The van der Waals surface area contributed by atoms with Crippen molar-refractivity contribution in [2.75, 3.05) is 0 Å². The van der Waals surface area contributed by atoms with Gasteiger partial charge in [-0.1, -0.05) is 23.2 Å². The number of ether oxygens (including phenoxy) is 1. The highest BCUT2D eigenvalue weighted by atomic mass is 35.5. The first-order valence-corrected chi connectivity index (χ1v) is 4.49. The quantitative estimate of drug-likeness (QED) is 0.585. The predicted octanol–water partition coefficient (Wildman–Crippen LogP) is 1.49. The summed E-state index contributed by atoms with van der Waals surface area (Å²) < 4.78 is 5.71. The molecule has 4 heteroatoms. The molecule has 1 saturated carbocycles. The van der Waals surface area contributed by atoms with Crippen LogP contribution in [0.25, 0.3) is 0 Å². The molecule has 4 atom stereocenters. The van der Waals surface area contributed by atoms with Crippen LogP contribution in [0.5, 0.6) is 0 Å². The van der Waals surface area contributed by atoms with Gasteiger partial charge in [-0.05, 0) is 6.42 Å². The largest absolute Gasteiger partial charge is 0.367 e. The van der Waals surface area contributed by atoms with Gasteiger partial charge in [-0.25, -0.2) is 0 Å². The first-order chi connectivity index (χ1) is 5.27. The maximum atomic E-state index is 5.53. The van der Waals surface area contributed by atoms with Crippen molar-refractivity contribution in [2.45, 2.75) is 30.7 Å². The van der Waals surface area contributed by atoms with Crippen molar-refractivity contribution in [3.8, 4) is 0 Å². The Hall–Kier alpha value is 0.0800.